The molecule has 0 amide bonds. The third kappa shape index (κ3) is 2.59. The number of esters is 1. The monoisotopic (exact) mass is 448 g/mol. The number of ether oxygens (including phenoxy) is 1. The van der Waals surface area contributed by atoms with E-state index in [-0.39, 0.29) is 12.8 Å². The standard InChI is InChI=1S/C11H10F6O8S2/c12-10(13,14)9(11(15,16)17,27(21,22)23)8(18)24-6-3-1-4-5(2-3)26(19,20)25-7(4)6/h3-7H,1-2H2,(H,21,22,23). The molecule has 1 saturated heterocycles. The molecule has 0 aromatic heterocycles. The minimum atomic E-state index is -7.12. The van der Waals surface area contributed by atoms with Crippen LogP contribution in [0.4, 0.5) is 26.3 Å². The summed E-state index contributed by atoms with van der Waals surface area (Å²) in [6.45, 7) is 0. The lowest BCUT2D eigenvalue weighted by molar-refractivity contribution is -0.271. The first-order valence-corrected chi connectivity index (χ1v) is 10.1. The average molecular weight is 448 g/mol. The lowest BCUT2D eigenvalue weighted by Crippen LogP contribution is -2.68. The Balaban J connectivity index is 2.01. The van der Waals surface area contributed by atoms with Gasteiger partial charge in [-0.3, -0.25) is 8.74 Å². The van der Waals surface area contributed by atoms with Crippen LogP contribution >= 0.6 is 0 Å². The fourth-order valence-corrected chi connectivity index (χ4v) is 6.77. The van der Waals surface area contributed by atoms with Crippen molar-refractivity contribution in [1.82, 2.24) is 0 Å². The molecule has 1 aliphatic heterocycles. The van der Waals surface area contributed by atoms with Crippen molar-refractivity contribution in [3.63, 3.8) is 0 Å². The van der Waals surface area contributed by atoms with Crippen molar-refractivity contribution in [2.45, 2.75) is 47.4 Å². The van der Waals surface area contributed by atoms with Gasteiger partial charge in [-0.25, -0.2) is 4.79 Å². The topological polar surface area (TPSA) is 124 Å². The predicted molar refractivity (Wildman–Crippen MR) is 70.1 cm³/mol. The highest BCUT2D eigenvalue weighted by molar-refractivity contribution is 7.88. The predicted octanol–water partition coefficient (Wildman–Crippen LogP) is 0.786. The van der Waals surface area contributed by atoms with E-state index in [2.05, 4.69) is 8.92 Å². The highest BCUT2D eigenvalue weighted by atomic mass is 32.2. The van der Waals surface area contributed by atoms with Crippen molar-refractivity contribution < 1.29 is 61.4 Å². The molecule has 5 atom stereocenters. The van der Waals surface area contributed by atoms with Crippen LogP contribution in [0.1, 0.15) is 12.8 Å². The Morgan fingerprint density at radius 2 is 1.59 bits per heavy atom. The minimum absolute atomic E-state index is 0.00339. The molecule has 1 heterocycles. The number of halogens is 6. The first-order valence-electron chi connectivity index (χ1n) is 7.19. The molecule has 3 rings (SSSR count). The van der Waals surface area contributed by atoms with E-state index in [9.17, 15) is 48.0 Å². The number of carbonyl (C=O) groups excluding carboxylic acids is 1. The summed E-state index contributed by atoms with van der Waals surface area (Å²) in [5.74, 6) is -5.03. The van der Waals surface area contributed by atoms with Crippen LogP contribution in [0.25, 0.3) is 0 Å². The maximum absolute atomic E-state index is 13.1. The van der Waals surface area contributed by atoms with Crippen LogP contribution in [0.2, 0.25) is 0 Å². The van der Waals surface area contributed by atoms with E-state index < -0.39 is 72.6 Å². The molecule has 2 bridgehead atoms. The molecule has 156 valence electrons. The number of carbonyl (C=O) groups is 1. The van der Waals surface area contributed by atoms with E-state index in [1.165, 1.54) is 0 Å². The van der Waals surface area contributed by atoms with Gasteiger partial charge in [0, 0.05) is 11.8 Å². The molecular weight excluding hydrogens is 438 g/mol. The summed E-state index contributed by atoms with van der Waals surface area (Å²) in [4.78, 5) is 11.9. The van der Waals surface area contributed by atoms with Gasteiger partial charge in [0.15, 0.2) is 0 Å². The van der Waals surface area contributed by atoms with Crippen molar-refractivity contribution in [3.8, 4) is 0 Å². The van der Waals surface area contributed by atoms with Gasteiger partial charge in [0.25, 0.3) is 10.1 Å². The summed E-state index contributed by atoms with van der Waals surface area (Å²) in [6, 6.07) is 0. The van der Waals surface area contributed by atoms with Gasteiger partial charge < -0.3 is 4.74 Å². The fraction of sp³-hybridized carbons (Fsp3) is 0.909. The zero-order valence-corrected chi connectivity index (χ0v) is 14.3. The lowest BCUT2D eigenvalue weighted by atomic mass is 9.94. The summed E-state index contributed by atoms with van der Waals surface area (Å²) in [7, 11) is -11.2. The van der Waals surface area contributed by atoms with Gasteiger partial charge in [-0.2, -0.15) is 43.2 Å². The highest BCUT2D eigenvalue weighted by Gasteiger charge is 2.85. The molecule has 2 aliphatic carbocycles. The number of fused-ring (bicyclic) bond motifs is 1. The second-order valence-electron chi connectivity index (χ2n) is 6.51. The summed E-state index contributed by atoms with van der Waals surface area (Å²) < 4.78 is 136. The number of alkyl halides is 6. The zero-order chi connectivity index (χ0) is 20.8. The van der Waals surface area contributed by atoms with Gasteiger partial charge >= 0.3 is 33.2 Å². The van der Waals surface area contributed by atoms with Crippen molar-refractivity contribution in [1.29, 1.82) is 0 Å². The quantitative estimate of drug-likeness (QED) is 0.291. The molecule has 1 N–H and O–H groups in total. The van der Waals surface area contributed by atoms with Crippen LogP contribution in [0.5, 0.6) is 0 Å². The van der Waals surface area contributed by atoms with Gasteiger partial charge in [0.1, 0.15) is 12.2 Å². The largest absolute Gasteiger partial charge is 0.457 e. The van der Waals surface area contributed by atoms with E-state index in [0.29, 0.717) is 0 Å². The molecule has 3 aliphatic rings. The van der Waals surface area contributed by atoms with Crippen LogP contribution in [0.15, 0.2) is 0 Å². The Hall–Kier alpha value is -1.13. The molecule has 0 aromatic carbocycles. The maximum atomic E-state index is 13.1. The van der Waals surface area contributed by atoms with Crippen LogP contribution in [-0.2, 0) is 34.0 Å². The number of hydrogen-bond donors (Lipinski definition) is 1. The minimum Gasteiger partial charge on any atom is -0.457 e. The smallest absolute Gasteiger partial charge is 0.430 e. The normalized spacial score (nSPS) is 35.4. The highest BCUT2D eigenvalue weighted by Crippen LogP contribution is 2.56. The SMILES string of the molecule is O=C(OC1C2CC3C1OS(=O)(=O)C3C2)C(C(F)(F)F)(C(F)(F)F)S(=O)(=O)O. The van der Waals surface area contributed by atoms with Crippen molar-refractivity contribution in [3.05, 3.63) is 0 Å². The summed E-state index contributed by atoms with van der Waals surface area (Å²) in [5.41, 5.74) is 0. The molecule has 0 spiro atoms. The third-order valence-electron chi connectivity index (χ3n) is 5.13. The van der Waals surface area contributed by atoms with Crippen molar-refractivity contribution in [2.24, 2.45) is 11.8 Å². The van der Waals surface area contributed by atoms with Gasteiger partial charge in [-0.05, 0) is 12.8 Å². The second kappa shape index (κ2) is 5.48. The third-order valence-corrected chi connectivity index (χ3v) is 8.31. The van der Waals surface area contributed by atoms with Crippen LogP contribution in [0.3, 0.4) is 0 Å². The summed E-state index contributed by atoms with van der Waals surface area (Å²) >= 11 is 0. The van der Waals surface area contributed by atoms with E-state index >= 15 is 0 Å². The molecule has 8 nitrogen and oxygen atoms in total. The number of hydrogen-bond acceptors (Lipinski definition) is 7. The zero-order valence-electron chi connectivity index (χ0n) is 12.7. The molecule has 27 heavy (non-hydrogen) atoms. The molecule has 0 radical (unpaired) electrons. The molecule has 2 saturated carbocycles. The Morgan fingerprint density at radius 1 is 1.07 bits per heavy atom. The Bertz CT molecular complexity index is 862. The summed E-state index contributed by atoms with van der Waals surface area (Å²) in [6.07, 6.45) is -17.2. The molecule has 0 aromatic rings. The van der Waals surface area contributed by atoms with Gasteiger partial charge in [-0.15, -0.1) is 0 Å². The van der Waals surface area contributed by atoms with E-state index in [4.69, 9.17) is 4.55 Å². The van der Waals surface area contributed by atoms with Crippen LogP contribution < -0.4 is 0 Å². The number of rotatable bonds is 3. The molecule has 16 heteroatoms. The van der Waals surface area contributed by atoms with Crippen molar-refractivity contribution in [2.75, 3.05) is 0 Å². The van der Waals surface area contributed by atoms with Gasteiger partial charge in [0.05, 0.1) is 5.25 Å². The van der Waals surface area contributed by atoms with E-state index in [1.807, 2.05) is 0 Å². The first kappa shape index (κ1) is 20.6. The van der Waals surface area contributed by atoms with Gasteiger partial charge in [-0.1, -0.05) is 0 Å². The van der Waals surface area contributed by atoms with Crippen LogP contribution in [-0.4, -0.2) is 61.9 Å². The van der Waals surface area contributed by atoms with E-state index in [1.54, 1.807) is 0 Å². The Morgan fingerprint density at radius 3 is 2.04 bits per heavy atom. The second-order valence-corrected chi connectivity index (χ2v) is 9.86. The lowest BCUT2D eigenvalue weighted by Gasteiger charge is -2.34. The molecule has 3 fully saturated rings. The van der Waals surface area contributed by atoms with Crippen LogP contribution in [0, 0.1) is 11.8 Å². The van der Waals surface area contributed by atoms with E-state index in [0.717, 1.165) is 0 Å². The molecular formula is C11H10F6O8S2. The molecule has 5 unspecified atom stereocenters. The Kier molecular flexibility index (Phi) is 4.18. The summed E-state index contributed by atoms with van der Waals surface area (Å²) in [5, 5.41) is -1.01. The average Bonchev–Trinajstić information content (AvgIpc) is 2.97. The maximum Gasteiger partial charge on any atom is 0.430 e. The van der Waals surface area contributed by atoms with Crippen molar-refractivity contribution >= 4 is 26.2 Å². The Labute approximate surface area is 147 Å². The van der Waals surface area contributed by atoms with Gasteiger partial charge in [0.2, 0.25) is 0 Å². The first-order chi connectivity index (χ1) is 11.9. The fourth-order valence-electron chi connectivity index (χ4n) is 4.04.